The molecule has 0 bridgehead atoms. The zero-order valence-corrected chi connectivity index (χ0v) is 16.1. The predicted molar refractivity (Wildman–Crippen MR) is 106 cm³/mol. The van der Waals surface area contributed by atoms with Crippen LogP contribution < -0.4 is 10.1 Å². The number of hydrogen-bond donors (Lipinski definition) is 2. The molecule has 0 saturated carbocycles. The Morgan fingerprint density at radius 1 is 1.00 bits per heavy atom. The van der Waals surface area contributed by atoms with E-state index in [9.17, 15) is 13.2 Å². The quantitative estimate of drug-likeness (QED) is 0.483. The molecule has 2 heterocycles. The molecule has 26 heavy (non-hydrogen) atoms. The van der Waals surface area contributed by atoms with Crippen molar-refractivity contribution in [3.8, 4) is 0 Å². The number of anilines is 1. The number of para-hydroxylation sites is 1. The second kappa shape index (κ2) is 7.81. The number of nitrogens with zero attached hydrogens (tertiary/aromatic N) is 1. The van der Waals surface area contributed by atoms with Crippen LogP contribution in [0.2, 0.25) is 0 Å². The molecule has 0 aliphatic heterocycles. The van der Waals surface area contributed by atoms with Gasteiger partial charge in [0.2, 0.25) is 0 Å². The van der Waals surface area contributed by atoms with Gasteiger partial charge >= 0.3 is 0 Å². The fraction of sp³-hybridized carbons (Fsp3) is 0.0588. The Morgan fingerprint density at radius 3 is 2.42 bits per heavy atom. The Morgan fingerprint density at radius 2 is 1.73 bits per heavy atom. The van der Waals surface area contributed by atoms with Gasteiger partial charge in [0.15, 0.2) is 0 Å². The van der Waals surface area contributed by atoms with Crippen molar-refractivity contribution < 1.29 is 13.2 Å². The lowest BCUT2D eigenvalue weighted by molar-refractivity contribution is 0.0955. The Balaban J connectivity index is 1.81. The lowest BCUT2D eigenvalue weighted by Gasteiger charge is -2.10. The van der Waals surface area contributed by atoms with Gasteiger partial charge in [-0.15, -0.1) is 22.7 Å². The fourth-order valence-corrected chi connectivity index (χ4v) is 4.87. The Labute approximate surface area is 159 Å². The smallest absolute Gasteiger partial charge is 0.273 e. The minimum atomic E-state index is -3.74. The van der Waals surface area contributed by atoms with Crippen molar-refractivity contribution in [3.05, 3.63) is 69.7 Å². The molecule has 0 saturated heterocycles. The van der Waals surface area contributed by atoms with Gasteiger partial charge in [-0.05, 0) is 41.9 Å². The van der Waals surface area contributed by atoms with E-state index in [0.29, 0.717) is 5.71 Å². The average molecular weight is 406 g/mol. The van der Waals surface area contributed by atoms with Crippen LogP contribution in [0.5, 0.6) is 0 Å². The van der Waals surface area contributed by atoms with Crippen molar-refractivity contribution in [1.82, 2.24) is 5.43 Å². The summed E-state index contributed by atoms with van der Waals surface area (Å²) >= 11 is 2.62. The third-order valence-corrected chi connectivity index (χ3v) is 7.12. The van der Waals surface area contributed by atoms with Crippen molar-refractivity contribution in [2.24, 2.45) is 5.10 Å². The summed E-state index contributed by atoms with van der Waals surface area (Å²) in [6.45, 7) is 1.79. The van der Waals surface area contributed by atoms with Gasteiger partial charge in [0.1, 0.15) is 4.21 Å². The molecule has 1 amide bonds. The van der Waals surface area contributed by atoms with Gasteiger partial charge in [0, 0.05) is 4.88 Å². The van der Waals surface area contributed by atoms with Crippen molar-refractivity contribution >= 4 is 50.0 Å². The number of hydrazone groups is 1. The summed E-state index contributed by atoms with van der Waals surface area (Å²) in [6.07, 6.45) is 0. The number of benzene rings is 1. The standard InChI is InChI=1S/C17H15N3O3S3/c1-12(15-8-4-10-24-15)18-19-17(21)13-6-2-3-7-14(13)20-26(22,23)16-9-5-11-25-16/h2-11,20H,1H3,(H,19,21). The largest absolute Gasteiger partial charge is 0.278 e. The van der Waals surface area contributed by atoms with Crippen molar-refractivity contribution in [2.75, 3.05) is 4.72 Å². The molecule has 0 unspecified atom stereocenters. The van der Waals surface area contributed by atoms with Crippen LogP contribution in [-0.4, -0.2) is 20.0 Å². The number of sulfonamides is 1. The third kappa shape index (κ3) is 4.18. The van der Waals surface area contributed by atoms with E-state index in [1.54, 1.807) is 30.5 Å². The molecule has 134 valence electrons. The van der Waals surface area contributed by atoms with Gasteiger partial charge in [-0.1, -0.05) is 24.3 Å². The average Bonchev–Trinajstić information content (AvgIpc) is 3.33. The third-order valence-electron chi connectivity index (χ3n) is 3.38. The van der Waals surface area contributed by atoms with E-state index in [1.165, 1.54) is 29.5 Å². The molecule has 0 aliphatic rings. The highest BCUT2D eigenvalue weighted by molar-refractivity contribution is 7.94. The summed E-state index contributed by atoms with van der Waals surface area (Å²) in [6, 6.07) is 13.4. The second-order valence-electron chi connectivity index (χ2n) is 5.20. The Hall–Kier alpha value is -2.49. The van der Waals surface area contributed by atoms with E-state index in [0.717, 1.165) is 16.2 Å². The molecule has 3 aromatic rings. The summed E-state index contributed by atoms with van der Waals surface area (Å²) in [5, 5.41) is 7.68. The van der Waals surface area contributed by atoms with Crippen LogP contribution in [0.15, 0.2) is 68.6 Å². The lowest BCUT2D eigenvalue weighted by Crippen LogP contribution is -2.22. The molecule has 0 fully saturated rings. The summed E-state index contributed by atoms with van der Waals surface area (Å²) < 4.78 is 27.4. The second-order valence-corrected chi connectivity index (χ2v) is 9.00. The number of carbonyl (C=O) groups excluding carboxylic acids is 1. The molecule has 3 rings (SSSR count). The van der Waals surface area contributed by atoms with E-state index < -0.39 is 15.9 Å². The molecule has 0 aliphatic carbocycles. The molecule has 0 atom stereocenters. The summed E-state index contributed by atoms with van der Waals surface area (Å²) in [5.41, 5.74) is 3.53. The van der Waals surface area contributed by atoms with Gasteiger partial charge in [0.05, 0.1) is 17.0 Å². The van der Waals surface area contributed by atoms with Crippen LogP contribution in [0.25, 0.3) is 0 Å². The molecular weight excluding hydrogens is 390 g/mol. The first-order chi connectivity index (χ1) is 12.5. The van der Waals surface area contributed by atoms with Crippen molar-refractivity contribution in [3.63, 3.8) is 0 Å². The molecule has 2 N–H and O–H groups in total. The highest BCUT2D eigenvalue weighted by Gasteiger charge is 2.19. The molecule has 9 heteroatoms. The van der Waals surface area contributed by atoms with Gasteiger partial charge in [-0.3, -0.25) is 9.52 Å². The molecule has 0 radical (unpaired) electrons. The first-order valence-corrected chi connectivity index (χ1v) is 10.8. The van der Waals surface area contributed by atoms with Gasteiger partial charge in [-0.25, -0.2) is 13.8 Å². The van der Waals surface area contributed by atoms with Gasteiger partial charge < -0.3 is 0 Å². The number of nitrogens with one attached hydrogen (secondary N) is 2. The predicted octanol–water partition coefficient (Wildman–Crippen LogP) is 3.76. The number of carbonyl (C=O) groups is 1. The van der Waals surface area contributed by atoms with E-state index in [4.69, 9.17) is 0 Å². The maximum Gasteiger partial charge on any atom is 0.273 e. The number of thiophene rings is 2. The minimum absolute atomic E-state index is 0.180. The first-order valence-electron chi connectivity index (χ1n) is 7.51. The minimum Gasteiger partial charge on any atom is -0.278 e. The number of rotatable bonds is 6. The first kappa shape index (κ1) is 18.3. The van der Waals surface area contributed by atoms with Crippen molar-refractivity contribution in [1.29, 1.82) is 0 Å². The molecule has 1 aromatic carbocycles. The zero-order chi connectivity index (χ0) is 18.6. The van der Waals surface area contributed by atoms with E-state index in [-0.39, 0.29) is 15.5 Å². The van der Waals surface area contributed by atoms with E-state index in [2.05, 4.69) is 15.2 Å². The zero-order valence-electron chi connectivity index (χ0n) is 13.7. The van der Waals surface area contributed by atoms with Crippen LogP contribution >= 0.6 is 22.7 Å². The highest BCUT2D eigenvalue weighted by Crippen LogP contribution is 2.22. The fourth-order valence-electron chi connectivity index (χ4n) is 2.12. The maximum absolute atomic E-state index is 12.5. The van der Waals surface area contributed by atoms with Gasteiger partial charge in [0.25, 0.3) is 15.9 Å². The molecule has 6 nitrogen and oxygen atoms in total. The van der Waals surface area contributed by atoms with Gasteiger partial charge in [-0.2, -0.15) is 5.10 Å². The van der Waals surface area contributed by atoms with Crippen molar-refractivity contribution in [2.45, 2.75) is 11.1 Å². The topological polar surface area (TPSA) is 87.6 Å². The van der Waals surface area contributed by atoms with Crippen LogP contribution in [0.1, 0.15) is 22.2 Å². The van der Waals surface area contributed by atoms with Crippen LogP contribution in [-0.2, 0) is 10.0 Å². The monoisotopic (exact) mass is 405 g/mol. The van der Waals surface area contributed by atoms with E-state index >= 15 is 0 Å². The SMILES string of the molecule is CC(=NNC(=O)c1ccccc1NS(=O)(=O)c1cccs1)c1cccs1. The summed E-state index contributed by atoms with van der Waals surface area (Å²) in [4.78, 5) is 13.4. The number of amides is 1. The highest BCUT2D eigenvalue weighted by atomic mass is 32.2. The molecule has 2 aromatic heterocycles. The summed E-state index contributed by atoms with van der Waals surface area (Å²) in [5.74, 6) is -0.495. The van der Waals surface area contributed by atoms with Crippen LogP contribution in [0.3, 0.4) is 0 Å². The Bertz CT molecular complexity index is 1020. The molecule has 0 spiro atoms. The number of hydrogen-bond acceptors (Lipinski definition) is 6. The lowest BCUT2D eigenvalue weighted by atomic mass is 10.2. The molecular formula is C17H15N3O3S3. The van der Waals surface area contributed by atoms with Crippen LogP contribution in [0, 0.1) is 0 Å². The van der Waals surface area contributed by atoms with E-state index in [1.807, 2.05) is 17.5 Å². The summed E-state index contributed by atoms with van der Waals surface area (Å²) in [7, 11) is -3.74. The normalized spacial score (nSPS) is 12.0. The van der Waals surface area contributed by atoms with Crippen LogP contribution in [0.4, 0.5) is 5.69 Å². The Kier molecular flexibility index (Phi) is 5.50. The maximum atomic E-state index is 12.5.